The Morgan fingerprint density at radius 1 is 1.38 bits per heavy atom. The van der Waals surface area contributed by atoms with Gasteiger partial charge in [-0.25, -0.2) is 0 Å². The van der Waals surface area contributed by atoms with Crippen molar-refractivity contribution in [2.24, 2.45) is 0 Å². The van der Waals surface area contributed by atoms with Crippen molar-refractivity contribution in [3.8, 4) is 0 Å². The molecule has 0 amide bonds. The maximum Gasteiger partial charge on any atom is 0.0558 e. The van der Waals surface area contributed by atoms with Gasteiger partial charge in [0.05, 0.1) is 6.61 Å². The quantitative estimate of drug-likeness (QED) is 0.584. The molecule has 0 atom stereocenters. The number of hydrogen-bond acceptors (Lipinski definition) is 2. The van der Waals surface area contributed by atoms with Gasteiger partial charge in [-0.05, 0) is 13.1 Å². The molecule has 0 spiro atoms. The molecular formula is C6H17NO. The molecule has 0 saturated carbocycles. The number of likely N-dealkylation sites (N-methyl/N-ethyl adjacent to an activating group) is 1. The van der Waals surface area contributed by atoms with Crippen molar-refractivity contribution in [2.45, 2.75) is 13.8 Å². The van der Waals surface area contributed by atoms with Crippen LogP contribution in [0.5, 0.6) is 0 Å². The molecule has 0 aliphatic carbocycles. The second-order valence-electron chi connectivity index (χ2n) is 1.75. The van der Waals surface area contributed by atoms with Crippen LogP contribution in [0, 0.1) is 0 Å². The van der Waals surface area contributed by atoms with Gasteiger partial charge < -0.3 is 10.0 Å². The zero-order chi connectivity index (χ0) is 6.41. The third kappa shape index (κ3) is 2.99. The van der Waals surface area contributed by atoms with Gasteiger partial charge >= 0.3 is 0 Å². The van der Waals surface area contributed by atoms with Crippen LogP contribution in [0.15, 0.2) is 0 Å². The van der Waals surface area contributed by atoms with Crippen LogP contribution in [0.1, 0.15) is 15.3 Å². The Morgan fingerprint density at radius 2 is 1.88 bits per heavy atom. The predicted octanol–water partition coefficient (Wildman–Crippen LogP) is 0.567. The lowest BCUT2D eigenvalue weighted by atomic mass is 10.5. The highest BCUT2D eigenvalue weighted by Gasteiger charge is 1.93. The molecule has 2 nitrogen and oxygen atoms in total. The molecule has 52 valence electrons. The average Bonchev–Trinajstić information content (AvgIpc) is 1.83. The van der Waals surface area contributed by atoms with E-state index in [9.17, 15) is 0 Å². The van der Waals surface area contributed by atoms with Crippen LogP contribution in [0.4, 0.5) is 0 Å². The topological polar surface area (TPSA) is 23.5 Å². The van der Waals surface area contributed by atoms with Crippen LogP contribution < -0.4 is 0 Å². The smallest absolute Gasteiger partial charge is 0.0558 e. The molecule has 0 aliphatic rings. The molecule has 0 bridgehead atoms. The summed E-state index contributed by atoms with van der Waals surface area (Å²) < 4.78 is 0. The Bertz CT molecular complexity index is 48.3. The lowest BCUT2D eigenvalue weighted by Gasteiger charge is -2.15. The van der Waals surface area contributed by atoms with Gasteiger partial charge in [-0.15, -0.1) is 0 Å². The average molecular weight is 119 g/mol. The third-order valence-electron chi connectivity index (χ3n) is 1.31. The summed E-state index contributed by atoms with van der Waals surface area (Å²) in [5.74, 6) is 0. The van der Waals surface area contributed by atoms with Crippen LogP contribution in [-0.2, 0) is 0 Å². The second-order valence-corrected chi connectivity index (χ2v) is 1.75. The van der Waals surface area contributed by atoms with E-state index in [4.69, 9.17) is 5.11 Å². The van der Waals surface area contributed by atoms with E-state index in [2.05, 4.69) is 18.7 Å². The molecule has 0 radical (unpaired) electrons. The van der Waals surface area contributed by atoms with Gasteiger partial charge in [0.2, 0.25) is 0 Å². The van der Waals surface area contributed by atoms with Crippen molar-refractivity contribution in [3.63, 3.8) is 0 Å². The standard InChI is InChI=1S/C6H15NO.H2/c1-3-7(4-2)5-6-8;/h8H,3-6H2,1-2H3;1H. The van der Waals surface area contributed by atoms with Gasteiger partial charge in [0.15, 0.2) is 0 Å². The molecule has 2 heteroatoms. The molecule has 0 saturated heterocycles. The number of nitrogens with zero attached hydrogens (tertiary/aromatic N) is 1. The number of hydrogen-bond donors (Lipinski definition) is 1. The minimum atomic E-state index is 0. The molecule has 1 N–H and O–H groups in total. The Labute approximate surface area is 52.6 Å². The third-order valence-corrected chi connectivity index (χ3v) is 1.31. The van der Waals surface area contributed by atoms with E-state index >= 15 is 0 Å². The molecule has 8 heavy (non-hydrogen) atoms. The fourth-order valence-corrected chi connectivity index (χ4v) is 0.681. The Hall–Kier alpha value is -0.0800. The van der Waals surface area contributed by atoms with Crippen LogP contribution in [0.3, 0.4) is 0 Å². The highest BCUT2D eigenvalue weighted by Crippen LogP contribution is 1.82. The van der Waals surface area contributed by atoms with Crippen molar-refractivity contribution >= 4 is 0 Å². The molecule has 0 aromatic rings. The van der Waals surface area contributed by atoms with E-state index in [1.807, 2.05) is 0 Å². The molecule has 0 aromatic heterocycles. The first-order chi connectivity index (χ1) is 3.85. The highest BCUT2D eigenvalue weighted by molar-refractivity contribution is 4.47. The lowest BCUT2D eigenvalue weighted by Crippen LogP contribution is -2.25. The van der Waals surface area contributed by atoms with Gasteiger partial charge in [-0.3, -0.25) is 0 Å². The predicted molar refractivity (Wildman–Crippen MR) is 37.0 cm³/mol. The first kappa shape index (κ1) is 7.92. The minimum absolute atomic E-state index is 0. The van der Waals surface area contributed by atoms with Crippen molar-refractivity contribution in [2.75, 3.05) is 26.2 Å². The SMILES string of the molecule is CCN(CC)CCO.[HH]. The first-order valence-corrected chi connectivity index (χ1v) is 3.18. The van der Waals surface area contributed by atoms with Crippen LogP contribution in [0.2, 0.25) is 0 Å². The van der Waals surface area contributed by atoms with E-state index < -0.39 is 0 Å². The molecule has 0 fully saturated rings. The van der Waals surface area contributed by atoms with Crippen molar-refractivity contribution in [3.05, 3.63) is 0 Å². The van der Waals surface area contributed by atoms with Gasteiger partial charge in [-0.2, -0.15) is 0 Å². The van der Waals surface area contributed by atoms with E-state index in [0.29, 0.717) is 0 Å². The van der Waals surface area contributed by atoms with Gasteiger partial charge in [0.1, 0.15) is 0 Å². The van der Waals surface area contributed by atoms with Crippen LogP contribution in [0.25, 0.3) is 0 Å². The molecule has 0 aliphatic heterocycles. The summed E-state index contributed by atoms with van der Waals surface area (Å²) in [6.45, 7) is 7.36. The second kappa shape index (κ2) is 5.06. The fourth-order valence-electron chi connectivity index (χ4n) is 0.681. The summed E-state index contributed by atoms with van der Waals surface area (Å²) in [6, 6.07) is 0. The van der Waals surface area contributed by atoms with E-state index in [1.54, 1.807) is 0 Å². The van der Waals surface area contributed by atoms with Gasteiger partial charge in [0, 0.05) is 7.97 Å². The van der Waals surface area contributed by atoms with Crippen LogP contribution >= 0.6 is 0 Å². The fraction of sp³-hybridized carbons (Fsp3) is 1.00. The summed E-state index contributed by atoms with van der Waals surface area (Å²) in [5, 5.41) is 8.46. The lowest BCUT2D eigenvalue weighted by molar-refractivity contribution is 0.208. The molecule has 0 unspecified atom stereocenters. The Balaban J connectivity index is 0. The molecular weight excluding hydrogens is 102 g/mol. The summed E-state index contributed by atoms with van der Waals surface area (Å²) in [5.41, 5.74) is 0. The first-order valence-electron chi connectivity index (χ1n) is 3.18. The number of aliphatic hydroxyl groups is 1. The molecule has 0 rings (SSSR count). The monoisotopic (exact) mass is 119 g/mol. The normalized spacial score (nSPS) is 10.5. The summed E-state index contributed by atoms with van der Waals surface area (Å²) >= 11 is 0. The van der Waals surface area contributed by atoms with Crippen molar-refractivity contribution < 1.29 is 6.53 Å². The number of rotatable bonds is 4. The molecule has 0 heterocycles. The molecule has 0 aromatic carbocycles. The van der Waals surface area contributed by atoms with Crippen molar-refractivity contribution in [1.29, 1.82) is 0 Å². The number of aliphatic hydroxyl groups excluding tert-OH is 1. The largest absolute Gasteiger partial charge is 0.395 e. The zero-order valence-corrected chi connectivity index (χ0v) is 5.72. The van der Waals surface area contributed by atoms with Gasteiger partial charge in [-0.1, -0.05) is 13.8 Å². The summed E-state index contributed by atoms with van der Waals surface area (Å²) in [4.78, 5) is 2.18. The zero-order valence-electron chi connectivity index (χ0n) is 5.72. The summed E-state index contributed by atoms with van der Waals surface area (Å²) in [7, 11) is 0. The van der Waals surface area contributed by atoms with Crippen molar-refractivity contribution in [1.82, 2.24) is 4.90 Å². The minimum Gasteiger partial charge on any atom is -0.395 e. The van der Waals surface area contributed by atoms with E-state index in [-0.39, 0.29) is 8.03 Å². The highest BCUT2D eigenvalue weighted by atomic mass is 16.3. The Kier molecular flexibility index (Phi) is 5.01. The Morgan fingerprint density at radius 3 is 2.00 bits per heavy atom. The van der Waals surface area contributed by atoms with Crippen LogP contribution in [-0.4, -0.2) is 36.2 Å². The maximum atomic E-state index is 8.46. The van der Waals surface area contributed by atoms with E-state index in [1.165, 1.54) is 0 Å². The van der Waals surface area contributed by atoms with Gasteiger partial charge in [0.25, 0.3) is 0 Å². The van der Waals surface area contributed by atoms with E-state index in [0.717, 1.165) is 19.6 Å². The maximum absolute atomic E-state index is 8.46. The summed E-state index contributed by atoms with van der Waals surface area (Å²) in [6.07, 6.45) is 0.